The van der Waals surface area contributed by atoms with Gasteiger partial charge in [-0.3, -0.25) is 4.79 Å². The maximum Gasteiger partial charge on any atom is 0.195 e. The fourth-order valence-corrected chi connectivity index (χ4v) is 4.78. The molecule has 1 atom stereocenters. The number of methoxy groups -OCH3 is 1. The van der Waals surface area contributed by atoms with Crippen LogP contribution in [-0.4, -0.2) is 24.9 Å². The molecule has 2 aromatic carbocycles. The molecule has 0 N–H and O–H groups in total. The molecule has 0 saturated heterocycles. The number of thiophene rings is 1. The summed E-state index contributed by atoms with van der Waals surface area (Å²) in [4.78, 5) is 14.7. The van der Waals surface area contributed by atoms with Gasteiger partial charge in [-0.05, 0) is 61.4 Å². The molecular weight excluding hydrogens is 428 g/mol. The number of rotatable bonds is 7. The Morgan fingerprint density at radius 1 is 1.10 bits per heavy atom. The van der Waals surface area contributed by atoms with Gasteiger partial charge in [0.2, 0.25) is 0 Å². The fraction of sp³-hybridized carbons (Fsp3) is 0.192. The number of ether oxygens (including phenoxy) is 2. The molecule has 0 bridgehead atoms. The third kappa shape index (κ3) is 4.76. The van der Waals surface area contributed by atoms with E-state index in [2.05, 4.69) is 12.2 Å². The van der Waals surface area contributed by atoms with Crippen LogP contribution in [0.4, 0.5) is 0 Å². The van der Waals surface area contributed by atoms with Crippen LogP contribution < -0.4 is 9.47 Å². The van der Waals surface area contributed by atoms with E-state index < -0.39 is 0 Å². The van der Waals surface area contributed by atoms with Gasteiger partial charge in [-0.15, -0.1) is 22.9 Å². The van der Waals surface area contributed by atoms with E-state index in [0.717, 1.165) is 38.3 Å². The van der Waals surface area contributed by atoms with Crippen LogP contribution >= 0.6 is 22.9 Å². The van der Waals surface area contributed by atoms with Gasteiger partial charge in [0, 0.05) is 26.1 Å². The van der Waals surface area contributed by atoms with Crippen molar-refractivity contribution in [2.75, 3.05) is 13.7 Å². The lowest BCUT2D eigenvalue weighted by atomic mass is 9.96. The van der Waals surface area contributed by atoms with Crippen molar-refractivity contribution in [3.8, 4) is 11.5 Å². The van der Waals surface area contributed by atoms with Crippen LogP contribution in [0.1, 0.15) is 34.1 Å². The average Bonchev–Trinajstić information content (AvgIpc) is 2.95. The molecule has 4 rings (SSSR count). The van der Waals surface area contributed by atoms with E-state index in [1.165, 1.54) is 0 Å². The predicted octanol–water partition coefficient (Wildman–Crippen LogP) is 7.05. The van der Waals surface area contributed by atoms with Crippen molar-refractivity contribution >= 4 is 44.4 Å². The third-order valence-electron chi connectivity index (χ3n) is 5.01. The smallest absolute Gasteiger partial charge is 0.195 e. The van der Waals surface area contributed by atoms with E-state index in [-0.39, 0.29) is 11.2 Å². The molecule has 3 nitrogen and oxygen atoms in total. The Kier molecular flexibility index (Phi) is 6.59. The molecule has 0 aliphatic heterocycles. The first-order chi connectivity index (χ1) is 15.1. The highest BCUT2D eigenvalue weighted by atomic mass is 35.5. The van der Waals surface area contributed by atoms with E-state index >= 15 is 0 Å². The zero-order valence-electron chi connectivity index (χ0n) is 17.4. The number of halogens is 1. The summed E-state index contributed by atoms with van der Waals surface area (Å²) >= 11 is 7.59. The van der Waals surface area contributed by atoms with Crippen molar-refractivity contribution in [2.24, 2.45) is 0 Å². The first-order valence-corrected chi connectivity index (χ1v) is 11.4. The van der Waals surface area contributed by atoms with Crippen LogP contribution in [0.5, 0.6) is 11.5 Å². The Labute approximate surface area is 191 Å². The van der Waals surface area contributed by atoms with Gasteiger partial charge in [0.15, 0.2) is 5.78 Å². The minimum Gasteiger partial charge on any atom is -0.497 e. The summed E-state index contributed by atoms with van der Waals surface area (Å²) in [7, 11) is 1.65. The van der Waals surface area contributed by atoms with Gasteiger partial charge in [0.05, 0.1) is 12.5 Å². The van der Waals surface area contributed by atoms with E-state index in [1.54, 1.807) is 18.4 Å². The number of allylic oxidation sites excluding steroid dienone is 6. The minimum absolute atomic E-state index is 0.00165. The van der Waals surface area contributed by atoms with E-state index in [4.69, 9.17) is 21.1 Å². The Balaban J connectivity index is 1.77. The normalized spacial score (nSPS) is 14.2. The minimum atomic E-state index is -0.0750. The number of ketones is 1. The van der Waals surface area contributed by atoms with E-state index in [9.17, 15) is 4.79 Å². The van der Waals surface area contributed by atoms with Crippen molar-refractivity contribution in [3.63, 3.8) is 0 Å². The molecule has 0 spiro atoms. The molecule has 5 heteroatoms. The summed E-state index contributed by atoms with van der Waals surface area (Å²) in [5, 5.41) is 0.870. The molecule has 0 amide bonds. The maximum absolute atomic E-state index is 13.7. The number of benzene rings is 2. The standard InChI is InChI=1S/C26H23ClO3S/c1-17(27)16-30-20-11-9-18(10-12-20)25(28)24-22-14-13-21(29-2)15-23(22)31-26(24)19-7-5-3-4-6-8-19/h3-7,9-15,17H,8,16H2,1-2H3. The molecular formula is C26H23ClO3S. The maximum atomic E-state index is 13.7. The Hall–Kier alpha value is -2.82. The van der Waals surface area contributed by atoms with Crippen molar-refractivity contribution < 1.29 is 14.3 Å². The highest BCUT2D eigenvalue weighted by Crippen LogP contribution is 2.40. The van der Waals surface area contributed by atoms with Crippen molar-refractivity contribution in [1.82, 2.24) is 0 Å². The molecule has 0 radical (unpaired) electrons. The molecule has 31 heavy (non-hydrogen) atoms. The van der Waals surface area contributed by atoms with Crippen molar-refractivity contribution in [1.29, 1.82) is 0 Å². The molecule has 1 unspecified atom stereocenters. The molecule has 0 fully saturated rings. The molecule has 1 aliphatic carbocycles. The predicted molar refractivity (Wildman–Crippen MR) is 130 cm³/mol. The third-order valence-corrected chi connectivity index (χ3v) is 6.36. The zero-order valence-corrected chi connectivity index (χ0v) is 19.0. The molecule has 3 aromatic rings. The van der Waals surface area contributed by atoms with Gasteiger partial charge < -0.3 is 9.47 Å². The molecule has 158 valence electrons. The van der Waals surface area contributed by atoms with Crippen LogP contribution in [-0.2, 0) is 0 Å². The number of carbonyl (C=O) groups is 1. The number of hydrogen-bond acceptors (Lipinski definition) is 4. The van der Waals surface area contributed by atoms with Gasteiger partial charge in [-0.2, -0.15) is 0 Å². The first kappa shape index (κ1) is 21.4. The number of fused-ring (bicyclic) bond motifs is 1. The quantitative estimate of drug-likeness (QED) is 0.286. The molecule has 0 saturated carbocycles. The summed E-state index contributed by atoms with van der Waals surface area (Å²) in [5.74, 6) is 1.48. The number of hydrogen-bond donors (Lipinski definition) is 0. The Morgan fingerprint density at radius 2 is 1.87 bits per heavy atom. The van der Waals surface area contributed by atoms with Gasteiger partial charge >= 0.3 is 0 Å². The van der Waals surface area contributed by atoms with E-state index in [0.29, 0.717) is 17.9 Å². The largest absolute Gasteiger partial charge is 0.497 e. The van der Waals surface area contributed by atoms with Gasteiger partial charge in [0.25, 0.3) is 0 Å². The Morgan fingerprint density at radius 3 is 2.61 bits per heavy atom. The summed E-state index contributed by atoms with van der Waals surface area (Å²) in [5.41, 5.74) is 2.49. The van der Waals surface area contributed by atoms with Gasteiger partial charge in [-0.1, -0.05) is 30.4 Å². The number of alkyl halides is 1. The van der Waals surface area contributed by atoms with Crippen LogP contribution in [0.25, 0.3) is 15.7 Å². The van der Waals surface area contributed by atoms with Gasteiger partial charge in [0.1, 0.15) is 18.1 Å². The highest BCUT2D eigenvalue weighted by molar-refractivity contribution is 7.20. The second-order valence-electron chi connectivity index (χ2n) is 7.32. The lowest BCUT2D eigenvalue weighted by molar-refractivity contribution is 0.104. The van der Waals surface area contributed by atoms with Crippen LogP contribution in [0.15, 0.2) is 72.8 Å². The second kappa shape index (κ2) is 9.54. The summed E-state index contributed by atoms with van der Waals surface area (Å²) < 4.78 is 12.1. The second-order valence-corrected chi connectivity index (χ2v) is 9.12. The first-order valence-electron chi connectivity index (χ1n) is 10.1. The zero-order chi connectivity index (χ0) is 21.8. The molecule has 1 heterocycles. The lowest BCUT2D eigenvalue weighted by Crippen LogP contribution is -2.08. The topological polar surface area (TPSA) is 35.5 Å². The molecule has 1 aliphatic rings. The van der Waals surface area contributed by atoms with Crippen LogP contribution in [0.3, 0.4) is 0 Å². The summed E-state index contributed by atoms with van der Waals surface area (Å²) in [6.45, 7) is 2.30. The number of carbonyl (C=O) groups excluding carboxylic acids is 1. The summed E-state index contributed by atoms with van der Waals surface area (Å²) in [6.07, 6.45) is 11.0. The SMILES string of the molecule is COc1ccc2c(C(=O)c3ccc(OCC(C)Cl)cc3)c(C3=CC=CC=CC3)sc2c1. The van der Waals surface area contributed by atoms with Crippen molar-refractivity contribution in [2.45, 2.75) is 18.7 Å². The highest BCUT2D eigenvalue weighted by Gasteiger charge is 2.23. The van der Waals surface area contributed by atoms with Gasteiger partial charge in [-0.25, -0.2) is 0 Å². The lowest BCUT2D eigenvalue weighted by Gasteiger charge is -2.09. The van der Waals surface area contributed by atoms with Crippen LogP contribution in [0.2, 0.25) is 0 Å². The van der Waals surface area contributed by atoms with Crippen molar-refractivity contribution in [3.05, 3.63) is 88.8 Å². The van der Waals surface area contributed by atoms with E-state index in [1.807, 2.05) is 67.6 Å². The Bertz CT molecular complexity index is 1180. The fourth-order valence-electron chi connectivity index (χ4n) is 3.46. The average molecular weight is 451 g/mol. The summed E-state index contributed by atoms with van der Waals surface area (Å²) in [6, 6.07) is 13.1. The molecule has 1 aromatic heterocycles. The monoisotopic (exact) mass is 450 g/mol. The van der Waals surface area contributed by atoms with Crippen LogP contribution in [0, 0.1) is 0 Å².